The summed E-state index contributed by atoms with van der Waals surface area (Å²) in [6, 6.07) is 30.1. The first-order valence-corrected chi connectivity index (χ1v) is 8.27. The van der Waals surface area contributed by atoms with Gasteiger partial charge < -0.3 is 0 Å². The predicted octanol–water partition coefficient (Wildman–Crippen LogP) is 5.12. The van der Waals surface area contributed by atoms with Crippen molar-refractivity contribution in [3.8, 4) is 11.3 Å². The molecule has 1 aromatic heterocycles. The fourth-order valence-electron chi connectivity index (χ4n) is 3.18. The van der Waals surface area contributed by atoms with Crippen molar-refractivity contribution >= 4 is 22.5 Å². The molecule has 3 nitrogen and oxygen atoms in total. The first kappa shape index (κ1) is 15.2. The number of amides is 1. The molecule has 0 bridgehead atoms. The number of hydrogen-bond acceptors (Lipinski definition) is 1. The summed E-state index contributed by atoms with van der Waals surface area (Å²) in [6.45, 7) is 1.59. The molecule has 0 aliphatic carbocycles. The molecule has 1 heterocycles. The van der Waals surface area contributed by atoms with Gasteiger partial charge in [0.2, 0.25) is 5.91 Å². The van der Waals surface area contributed by atoms with Gasteiger partial charge in [0.25, 0.3) is 0 Å². The molecular formula is C22H18N2O. The summed E-state index contributed by atoms with van der Waals surface area (Å²) < 4.78 is 2.00. The third kappa shape index (κ3) is 2.70. The van der Waals surface area contributed by atoms with E-state index in [1.807, 2.05) is 71.4 Å². The second-order valence-electron chi connectivity index (χ2n) is 5.93. The molecule has 3 aromatic carbocycles. The van der Waals surface area contributed by atoms with Gasteiger partial charge in [0, 0.05) is 17.9 Å². The molecule has 0 aliphatic rings. The van der Waals surface area contributed by atoms with Crippen LogP contribution in [0.25, 0.3) is 22.2 Å². The highest BCUT2D eigenvalue weighted by Gasteiger charge is 2.20. The van der Waals surface area contributed by atoms with Crippen LogP contribution in [0, 0.1) is 0 Å². The van der Waals surface area contributed by atoms with E-state index in [2.05, 4.69) is 24.3 Å². The Labute approximate surface area is 146 Å². The fraction of sp³-hybridized carbons (Fsp3) is 0.0455. The maximum atomic E-state index is 12.6. The van der Waals surface area contributed by atoms with Crippen LogP contribution < -0.4 is 5.01 Å². The summed E-state index contributed by atoms with van der Waals surface area (Å²) in [6.07, 6.45) is 0. The quantitative estimate of drug-likeness (QED) is 0.513. The molecule has 0 saturated carbocycles. The van der Waals surface area contributed by atoms with Crippen LogP contribution in [-0.4, -0.2) is 10.6 Å². The van der Waals surface area contributed by atoms with E-state index < -0.39 is 0 Å². The van der Waals surface area contributed by atoms with Crippen LogP contribution in [0.2, 0.25) is 0 Å². The van der Waals surface area contributed by atoms with Gasteiger partial charge in [-0.1, -0.05) is 66.7 Å². The number of nitrogens with zero attached hydrogens (tertiary/aromatic N) is 2. The molecule has 0 saturated heterocycles. The SMILES string of the molecule is CC(=O)N(c1ccccc1)n1c(-c2ccccc2)cc2ccccc21. The highest BCUT2D eigenvalue weighted by Crippen LogP contribution is 2.31. The summed E-state index contributed by atoms with van der Waals surface area (Å²) in [5.41, 5.74) is 3.90. The van der Waals surface area contributed by atoms with Gasteiger partial charge in [0.15, 0.2) is 0 Å². The predicted molar refractivity (Wildman–Crippen MR) is 102 cm³/mol. The van der Waals surface area contributed by atoms with E-state index in [1.165, 1.54) is 0 Å². The third-order valence-corrected chi connectivity index (χ3v) is 4.25. The molecule has 0 atom stereocenters. The number of fused-ring (bicyclic) bond motifs is 1. The van der Waals surface area contributed by atoms with Gasteiger partial charge in [-0.25, -0.2) is 9.69 Å². The van der Waals surface area contributed by atoms with Crippen molar-refractivity contribution in [3.05, 3.63) is 91.0 Å². The van der Waals surface area contributed by atoms with E-state index >= 15 is 0 Å². The number of hydrogen-bond donors (Lipinski definition) is 0. The standard InChI is InChI=1S/C22H18N2O/c1-17(25)23(20-13-6-3-7-14-20)24-21-15-9-8-12-19(21)16-22(24)18-10-4-2-5-11-18/h2-16H,1H3. The first-order chi connectivity index (χ1) is 12.3. The molecule has 0 fully saturated rings. The monoisotopic (exact) mass is 326 g/mol. The maximum Gasteiger partial charge on any atom is 0.243 e. The van der Waals surface area contributed by atoms with Gasteiger partial charge in [0.05, 0.1) is 16.9 Å². The zero-order valence-electron chi connectivity index (χ0n) is 14.0. The van der Waals surface area contributed by atoms with Crippen molar-refractivity contribution < 1.29 is 4.79 Å². The summed E-state index contributed by atoms with van der Waals surface area (Å²) in [7, 11) is 0. The van der Waals surface area contributed by atoms with Crippen molar-refractivity contribution in [2.24, 2.45) is 0 Å². The minimum atomic E-state index is -0.0373. The van der Waals surface area contributed by atoms with Crippen LogP contribution in [0.1, 0.15) is 6.92 Å². The van der Waals surface area contributed by atoms with Crippen molar-refractivity contribution in [1.29, 1.82) is 0 Å². The lowest BCUT2D eigenvalue weighted by Crippen LogP contribution is -2.34. The van der Waals surface area contributed by atoms with Crippen LogP contribution >= 0.6 is 0 Å². The Kier molecular flexibility index (Phi) is 3.82. The zero-order chi connectivity index (χ0) is 17.2. The Morgan fingerprint density at radius 1 is 0.800 bits per heavy atom. The molecule has 3 heteroatoms. The van der Waals surface area contributed by atoms with Gasteiger partial charge in [0.1, 0.15) is 0 Å². The third-order valence-electron chi connectivity index (χ3n) is 4.25. The summed E-state index contributed by atoms with van der Waals surface area (Å²) in [5, 5.41) is 2.83. The Balaban J connectivity index is 2.03. The van der Waals surface area contributed by atoms with E-state index in [1.54, 1.807) is 11.9 Å². The molecule has 1 amide bonds. The topological polar surface area (TPSA) is 25.2 Å². The average molecular weight is 326 g/mol. The van der Waals surface area contributed by atoms with Crippen molar-refractivity contribution in [3.63, 3.8) is 0 Å². The highest BCUT2D eigenvalue weighted by molar-refractivity contribution is 5.96. The number of rotatable bonds is 3. The largest absolute Gasteiger partial charge is 0.273 e. The summed E-state index contributed by atoms with van der Waals surface area (Å²) in [4.78, 5) is 12.6. The lowest BCUT2D eigenvalue weighted by atomic mass is 10.1. The first-order valence-electron chi connectivity index (χ1n) is 8.27. The molecule has 0 spiro atoms. The van der Waals surface area contributed by atoms with E-state index in [-0.39, 0.29) is 5.91 Å². The number of carbonyl (C=O) groups excluding carboxylic acids is 1. The number of anilines is 1. The summed E-state index contributed by atoms with van der Waals surface area (Å²) in [5.74, 6) is -0.0373. The number of carbonyl (C=O) groups is 1. The second-order valence-corrected chi connectivity index (χ2v) is 5.93. The molecule has 4 rings (SSSR count). The lowest BCUT2D eigenvalue weighted by Gasteiger charge is -2.26. The average Bonchev–Trinajstić information content (AvgIpc) is 3.03. The van der Waals surface area contributed by atoms with Gasteiger partial charge >= 0.3 is 0 Å². The van der Waals surface area contributed by atoms with Crippen LogP contribution in [0.3, 0.4) is 0 Å². The lowest BCUT2D eigenvalue weighted by molar-refractivity contribution is -0.117. The number of para-hydroxylation sites is 2. The fourth-order valence-corrected chi connectivity index (χ4v) is 3.18. The minimum absolute atomic E-state index is 0.0373. The molecule has 122 valence electrons. The van der Waals surface area contributed by atoms with Gasteiger partial charge in [-0.15, -0.1) is 0 Å². The van der Waals surface area contributed by atoms with Crippen LogP contribution in [-0.2, 0) is 4.79 Å². The Morgan fingerprint density at radius 3 is 2.08 bits per heavy atom. The molecule has 0 aliphatic heterocycles. The van der Waals surface area contributed by atoms with Gasteiger partial charge in [-0.3, -0.25) is 4.79 Å². The van der Waals surface area contributed by atoms with Crippen molar-refractivity contribution in [2.75, 3.05) is 5.01 Å². The molecule has 25 heavy (non-hydrogen) atoms. The minimum Gasteiger partial charge on any atom is -0.273 e. The van der Waals surface area contributed by atoms with Gasteiger partial charge in [-0.05, 0) is 24.3 Å². The van der Waals surface area contributed by atoms with Crippen LogP contribution in [0.5, 0.6) is 0 Å². The summed E-state index contributed by atoms with van der Waals surface area (Å²) >= 11 is 0. The van der Waals surface area contributed by atoms with E-state index in [9.17, 15) is 4.79 Å². The van der Waals surface area contributed by atoms with Crippen molar-refractivity contribution in [2.45, 2.75) is 6.92 Å². The van der Waals surface area contributed by atoms with E-state index in [4.69, 9.17) is 0 Å². The van der Waals surface area contributed by atoms with Crippen LogP contribution in [0.4, 0.5) is 5.69 Å². The Hall–Kier alpha value is -3.33. The smallest absolute Gasteiger partial charge is 0.243 e. The van der Waals surface area contributed by atoms with Crippen molar-refractivity contribution in [1.82, 2.24) is 4.68 Å². The molecular weight excluding hydrogens is 308 g/mol. The molecule has 4 aromatic rings. The molecule has 0 radical (unpaired) electrons. The molecule has 0 unspecified atom stereocenters. The Morgan fingerprint density at radius 2 is 1.40 bits per heavy atom. The normalized spacial score (nSPS) is 10.8. The highest BCUT2D eigenvalue weighted by atomic mass is 16.2. The molecule has 0 N–H and O–H groups in total. The number of benzene rings is 3. The zero-order valence-corrected chi connectivity index (χ0v) is 14.0. The van der Waals surface area contributed by atoms with Crippen LogP contribution in [0.15, 0.2) is 91.0 Å². The Bertz CT molecular complexity index is 1020. The van der Waals surface area contributed by atoms with E-state index in [0.29, 0.717) is 0 Å². The maximum absolute atomic E-state index is 12.6. The van der Waals surface area contributed by atoms with Gasteiger partial charge in [-0.2, -0.15) is 0 Å². The number of aromatic nitrogens is 1. The second kappa shape index (κ2) is 6.29. The van der Waals surface area contributed by atoms with E-state index in [0.717, 1.165) is 27.8 Å².